The molecule has 1 aliphatic carbocycles. The van der Waals surface area contributed by atoms with Crippen LogP contribution in [0.1, 0.15) is 24.0 Å². The van der Waals surface area contributed by atoms with Crippen molar-refractivity contribution in [3.05, 3.63) is 27.7 Å². The Bertz CT molecular complexity index is 385. The number of halogens is 1. The average Bonchev–Trinajstić information content (AvgIpc) is 3.02. The molecule has 0 bridgehead atoms. The molecule has 0 spiro atoms. The van der Waals surface area contributed by atoms with Crippen LogP contribution in [0, 0.1) is 6.92 Å². The lowest BCUT2D eigenvalue weighted by molar-refractivity contribution is 0.403. The second kappa shape index (κ2) is 3.80. The van der Waals surface area contributed by atoms with E-state index in [1.807, 2.05) is 12.1 Å². The number of benzene rings is 1. The molecular formula is C12H16BrNO. The zero-order chi connectivity index (χ0) is 11.1. The second-order valence-electron chi connectivity index (χ2n) is 4.23. The summed E-state index contributed by atoms with van der Waals surface area (Å²) in [5.41, 5.74) is 8.61. The van der Waals surface area contributed by atoms with Crippen LogP contribution < -0.4 is 10.5 Å². The van der Waals surface area contributed by atoms with Crippen molar-refractivity contribution < 1.29 is 4.74 Å². The smallest absolute Gasteiger partial charge is 0.123 e. The Morgan fingerprint density at radius 2 is 2.13 bits per heavy atom. The fraction of sp³-hybridized carbons (Fsp3) is 0.500. The van der Waals surface area contributed by atoms with Gasteiger partial charge in [0, 0.05) is 22.0 Å². The molecule has 1 saturated carbocycles. The Morgan fingerprint density at radius 1 is 1.47 bits per heavy atom. The number of hydrogen-bond acceptors (Lipinski definition) is 2. The molecule has 3 heteroatoms. The number of methoxy groups -OCH3 is 1. The van der Waals surface area contributed by atoms with Crippen LogP contribution in [0.4, 0.5) is 0 Å². The molecule has 0 atom stereocenters. The van der Waals surface area contributed by atoms with E-state index >= 15 is 0 Å². The highest BCUT2D eigenvalue weighted by Crippen LogP contribution is 2.52. The highest BCUT2D eigenvalue weighted by molar-refractivity contribution is 9.10. The molecule has 0 radical (unpaired) electrons. The summed E-state index contributed by atoms with van der Waals surface area (Å²) < 4.78 is 6.57. The van der Waals surface area contributed by atoms with Crippen LogP contribution in [-0.2, 0) is 5.41 Å². The Labute approximate surface area is 98.9 Å². The minimum Gasteiger partial charge on any atom is -0.496 e. The van der Waals surface area contributed by atoms with Gasteiger partial charge in [0.2, 0.25) is 0 Å². The van der Waals surface area contributed by atoms with Gasteiger partial charge in [-0.2, -0.15) is 0 Å². The summed E-state index contributed by atoms with van der Waals surface area (Å²) in [7, 11) is 1.72. The van der Waals surface area contributed by atoms with Gasteiger partial charge < -0.3 is 10.5 Å². The molecule has 0 unspecified atom stereocenters. The van der Waals surface area contributed by atoms with Crippen molar-refractivity contribution >= 4 is 15.9 Å². The third-order valence-electron chi connectivity index (χ3n) is 3.36. The SMILES string of the molecule is COc1ccc(Br)c(C)c1C1(CN)CC1. The highest BCUT2D eigenvalue weighted by atomic mass is 79.9. The predicted molar refractivity (Wildman–Crippen MR) is 65.4 cm³/mol. The summed E-state index contributed by atoms with van der Waals surface area (Å²) in [4.78, 5) is 0. The summed E-state index contributed by atoms with van der Waals surface area (Å²) in [6.45, 7) is 2.83. The molecule has 1 fully saturated rings. The van der Waals surface area contributed by atoms with Crippen molar-refractivity contribution in [2.24, 2.45) is 5.73 Å². The summed E-state index contributed by atoms with van der Waals surface area (Å²) in [5.74, 6) is 0.971. The van der Waals surface area contributed by atoms with E-state index < -0.39 is 0 Å². The normalized spacial score (nSPS) is 17.6. The van der Waals surface area contributed by atoms with Crippen molar-refractivity contribution in [2.45, 2.75) is 25.2 Å². The maximum absolute atomic E-state index is 5.87. The largest absolute Gasteiger partial charge is 0.496 e. The fourth-order valence-electron chi connectivity index (χ4n) is 2.20. The fourth-order valence-corrected chi connectivity index (χ4v) is 2.53. The number of nitrogens with two attached hydrogens (primary N) is 1. The topological polar surface area (TPSA) is 35.2 Å². The first kappa shape index (κ1) is 11.0. The third kappa shape index (κ3) is 1.68. The number of hydrogen-bond donors (Lipinski definition) is 1. The first-order chi connectivity index (χ1) is 7.14. The van der Waals surface area contributed by atoms with Gasteiger partial charge in [0.05, 0.1) is 7.11 Å². The molecule has 0 aromatic heterocycles. The lowest BCUT2D eigenvalue weighted by Crippen LogP contribution is -2.21. The molecule has 0 saturated heterocycles. The van der Waals surface area contributed by atoms with Crippen LogP contribution in [0.2, 0.25) is 0 Å². The van der Waals surface area contributed by atoms with Crippen LogP contribution in [0.5, 0.6) is 5.75 Å². The summed E-state index contributed by atoms with van der Waals surface area (Å²) in [6.07, 6.45) is 2.36. The predicted octanol–water partition coefficient (Wildman–Crippen LogP) is 2.76. The molecule has 1 aromatic rings. The van der Waals surface area contributed by atoms with Crippen molar-refractivity contribution in [2.75, 3.05) is 13.7 Å². The second-order valence-corrected chi connectivity index (χ2v) is 5.09. The standard InChI is InChI=1S/C12H16BrNO/c1-8-9(13)3-4-10(15-2)11(8)12(7-14)5-6-12/h3-4H,5-7,14H2,1-2H3. The van der Waals surface area contributed by atoms with Gasteiger partial charge in [-0.1, -0.05) is 15.9 Å². The van der Waals surface area contributed by atoms with Gasteiger partial charge in [0.15, 0.2) is 0 Å². The van der Waals surface area contributed by atoms with Gasteiger partial charge in [0.1, 0.15) is 5.75 Å². The lowest BCUT2D eigenvalue weighted by Gasteiger charge is -2.20. The van der Waals surface area contributed by atoms with Gasteiger partial charge in [-0.15, -0.1) is 0 Å². The molecule has 15 heavy (non-hydrogen) atoms. The van der Waals surface area contributed by atoms with Crippen LogP contribution in [0.25, 0.3) is 0 Å². The Morgan fingerprint density at radius 3 is 2.60 bits per heavy atom. The van der Waals surface area contributed by atoms with Crippen LogP contribution >= 0.6 is 15.9 Å². The molecule has 1 aromatic carbocycles. The van der Waals surface area contributed by atoms with Crippen molar-refractivity contribution in [1.29, 1.82) is 0 Å². The van der Waals surface area contributed by atoms with Gasteiger partial charge in [-0.3, -0.25) is 0 Å². The van der Waals surface area contributed by atoms with Crippen molar-refractivity contribution in [3.63, 3.8) is 0 Å². The Kier molecular flexibility index (Phi) is 2.77. The van der Waals surface area contributed by atoms with Crippen LogP contribution in [0.15, 0.2) is 16.6 Å². The maximum Gasteiger partial charge on any atom is 0.123 e. The summed E-state index contributed by atoms with van der Waals surface area (Å²) in [5, 5.41) is 0. The minimum absolute atomic E-state index is 0.180. The van der Waals surface area contributed by atoms with Crippen LogP contribution in [0.3, 0.4) is 0 Å². The number of ether oxygens (including phenoxy) is 1. The van der Waals surface area contributed by atoms with Crippen molar-refractivity contribution in [3.8, 4) is 5.75 Å². The van der Waals surface area contributed by atoms with E-state index in [4.69, 9.17) is 10.5 Å². The van der Waals surface area contributed by atoms with Gasteiger partial charge in [-0.25, -0.2) is 0 Å². The van der Waals surface area contributed by atoms with E-state index in [2.05, 4.69) is 22.9 Å². The zero-order valence-electron chi connectivity index (χ0n) is 9.14. The van der Waals surface area contributed by atoms with Crippen molar-refractivity contribution in [1.82, 2.24) is 0 Å². The average molecular weight is 270 g/mol. The third-order valence-corrected chi connectivity index (χ3v) is 4.21. The van der Waals surface area contributed by atoms with E-state index in [-0.39, 0.29) is 5.41 Å². The maximum atomic E-state index is 5.87. The Hall–Kier alpha value is -0.540. The van der Waals surface area contributed by atoms with E-state index in [1.54, 1.807) is 7.11 Å². The number of rotatable bonds is 3. The van der Waals surface area contributed by atoms with E-state index in [0.29, 0.717) is 6.54 Å². The zero-order valence-corrected chi connectivity index (χ0v) is 10.7. The first-order valence-corrected chi connectivity index (χ1v) is 5.97. The molecule has 0 aliphatic heterocycles. The van der Waals surface area contributed by atoms with Crippen LogP contribution in [-0.4, -0.2) is 13.7 Å². The van der Waals surface area contributed by atoms with Gasteiger partial charge >= 0.3 is 0 Å². The molecule has 2 N–H and O–H groups in total. The molecule has 2 nitrogen and oxygen atoms in total. The molecular weight excluding hydrogens is 254 g/mol. The molecule has 0 amide bonds. The van der Waals surface area contributed by atoms with E-state index in [9.17, 15) is 0 Å². The molecule has 82 valence electrons. The summed E-state index contributed by atoms with van der Waals surface area (Å²) in [6, 6.07) is 4.05. The van der Waals surface area contributed by atoms with Gasteiger partial charge in [0.25, 0.3) is 0 Å². The monoisotopic (exact) mass is 269 g/mol. The highest BCUT2D eigenvalue weighted by Gasteiger charge is 2.46. The summed E-state index contributed by atoms with van der Waals surface area (Å²) >= 11 is 3.56. The molecule has 1 aliphatic rings. The van der Waals surface area contributed by atoms with Gasteiger partial charge in [-0.05, 0) is 37.5 Å². The van der Waals surface area contributed by atoms with E-state index in [0.717, 1.165) is 10.2 Å². The van der Waals surface area contributed by atoms with E-state index in [1.165, 1.54) is 24.0 Å². The molecule has 2 rings (SSSR count). The quantitative estimate of drug-likeness (QED) is 0.916. The minimum atomic E-state index is 0.180. The first-order valence-electron chi connectivity index (χ1n) is 5.18. The lowest BCUT2D eigenvalue weighted by atomic mass is 9.91. The Balaban J connectivity index is 2.57. The molecule has 0 heterocycles.